The summed E-state index contributed by atoms with van der Waals surface area (Å²) in [5.74, 6) is -0.103. The molecule has 4 nitrogen and oxygen atoms in total. The van der Waals surface area contributed by atoms with Gasteiger partial charge in [0, 0.05) is 18.2 Å². The third-order valence-corrected chi connectivity index (χ3v) is 3.76. The Labute approximate surface area is 138 Å². The molecule has 2 rings (SSSR count). The number of nitrogens with one attached hydrogen (secondary N) is 2. The zero-order valence-corrected chi connectivity index (χ0v) is 13.3. The number of anilines is 1. The summed E-state index contributed by atoms with van der Waals surface area (Å²) in [7, 11) is 0. The van der Waals surface area contributed by atoms with Crippen molar-refractivity contribution in [3.63, 3.8) is 0 Å². The number of carbonyl (C=O) groups excluding carboxylic acids is 1. The molecule has 1 heterocycles. The van der Waals surface area contributed by atoms with Crippen molar-refractivity contribution in [2.75, 3.05) is 5.32 Å². The molecule has 0 bridgehead atoms. The Morgan fingerprint density at radius 3 is 2.42 bits per heavy atom. The van der Waals surface area contributed by atoms with Crippen LogP contribution in [0.15, 0.2) is 48.7 Å². The second-order valence-electron chi connectivity index (χ2n) is 5.51. The number of hydrogen-bond acceptors (Lipinski definition) is 2. The fourth-order valence-corrected chi connectivity index (χ4v) is 2.20. The van der Waals surface area contributed by atoms with Crippen LogP contribution in [0.5, 0.6) is 0 Å². The first-order valence-electron chi connectivity index (χ1n) is 7.43. The van der Waals surface area contributed by atoms with Gasteiger partial charge in [-0.1, -0.05) is 37.3 Å². The van der Waals surface area contributed by atoms with Crippen LogP contribution in [-0.2, 0) is 6.18 Å². The molecular weight excluding hydrogens is 319 g/mol. The molecule has 2 amide bonds. The molecule has 1 aromatic heterocycles. The minimum Gasteiger partial charge on any atom is -0.335 e. The van der Waals surface area contributed by atoms with Gasteiger partial charge in [0.05, 0.1) is 5.56 Å². The van der Waals surface area contributed by atoms with Gasteiger partial charge in [-0.05, 0) is 24.6 Å². The van der Waals surface area contributed by atoms with E-state index in [0.717, 1.165) is 23.9 Å². The molecule has 0 saturated carbocycles. The van der Waals surface area contributed by atoms with Crippen LogP contribution in [0.4, 0.5) is 23.8 Å². The van der Waals surface area contributed by atoms with Crippen LogP contribution in [0.25, 0.3) is 0 Å². The lowest BCUT2D eigenvalue weighted by atomic mass is 9.95. The van der Waals surface area contributed by atoms with Crippen molar-refractivity contribution < 1.29 is 18.0 Å². The summed E-state index contributed by atoms with van der Waals surface area (Å²) >= 11 is 0. The lowest BCUT2D eigenvalue weighted by Crippen LogP contribution is -2.39. The number of carbonyl (C=O) groups is 1. The summed E-state index contributed by atoms with van der Waals surface area (Å²) in [5, 5.41) is 5.04. The summed E-state index contributed by atoms with van der Waals surface area (Å²) in [6, 6.07) is 10.5. The van der Waals surface area contributed by atoms with E-state index in [2.05, 4.69) is 15.6 Å². The van der Waals surface area contributed by atoms with Gasteiger partial charge in [-0.15, -0.1) is 0 Å². The lowest BCUT2D eigenvalue weighted by Gasteiger charge is -2.22. The largest absolute Gasteiger partial charge is 0.416 e. The monoisotopic (exact) mass is 337 g/mol. The maximum absolute atomic E-state index is 12.7. The van der Waals surface area contributed by atoms with Crippen molar-refractivity contribution in [2.45, 2.75) is 32.0 Å². The summed E-state index contributed by atoms with van der Waals surface area (Å²) < 4.78 is 38.0. The Balaban J connectivity index is 1.98. The van der Waals surface area contributed by atoms with Crippen LogP contribution in [0.2, 0.25) is 0 Å². The molecule has 7 heteroatoms. The van der Waals surface area contributed by atoms with Crippen molar-refractivity contribution in [2.24, 2.45) is 0 Å². The van der Waals surface area contributed by atoms with E-state index in [1.807, 2.05) is 44.2 Å². The van der Waals surface area contributed by atoms with Crippen molar-refractivity contribution in [1.29, 1.82) is 0 Å². The van der Waals surface area contributed by atoms with E-state index in [9.17, 15) is 18.0 Å². The highest BCUT2D eigenvalue weighted by molar-refractivity contribution is 5.88. The summed E-state index contributed by atoms with van der Waals surface area (Å²) in [6.45, 7) is 3.79. The number of pyridine rings is 1. The van der Waals surface area contributed by atoms with E-state index in [1.54, 1.807) is 0 Å². The number of nitrogens with zero attached hydrogens (tertiary/aromatic N) is 1. The third kappa shape index (κ3) is 4.71. The molecule has 0 radical (unpaired) electrons. The Morgan fingerprint density at radius 1 is 1.12 bits per heavy atom. The lowest BCUT2D eigenvalue weighted by molar-refractivity contribution is -0.137. The predicted molar refractivity (Wildman–Crippen MR) is 85.7 cm³/mol. The van der Waals surface area contributed by atoms with E-state index >= 15 is 0 Å². The highest BCUT2D eigenvalue weighted by Gasteiger charge is 2.30. The summed E-state index contributed by atoms with van der Waals surface area (Å²) in [6.07, 6.45) is -3.47. The SMILES string of the molecule is CC(NC(=O)Nc1cc(C(F)(F)F)ccn1)C(C)c1ccccc1. The Hall–Kier alpha value is -2.57. The van der Waals surface area contributed by atoms with Crippen LogP contribution in [0.1, 0.15) is 30.9 Å². The normalized spacial score (nSPS) is 13.9. The molecule has 1 aromatic carbocycles. The first-order chi connectivity index (χ1) is 11.3. The molecule has 0 aliphatic carbocycles. The van der Waals surface area contributed by atoms with Gasteiger partial charge in [-0.2, -0.15) is 13.2 Å². The Kier molecular flexibility index (Phi) is 5.43. The van der Waals surface area contributed by atoms with Gasteiger partial charge >= 0.3 is 12.2 Å². The first-order valence-corrected chi connectivity index (χ1v) is 7.43. The second-order valence-corrected chi connectivity index (χ2v) is 5.51. The quantitative estimate of drug-likeness (QED) is 0.868. The molecule has 2 unspecified atom stereocenters. The number of urea groups is 1. The highest BCUT2D eigenvalue weighted by atomic mass is 19.4. The highest BCUT2D eigenvalue weighted by Crippen LogP contribution is 2.29. The van der Waals surface area contributed by atoms with Crippen molar-refractivity contribution >= 4 is 11.8 Å². The van der Waals surface area contributed by atoms with Gasteiger partial charge in [-0.25, -0.2) is 9.78 Å². The predicted octanol–water partition coefficient (Wildman–Crippen LogP) is 4.41. The van der Waals surface area contributed by atoms with Crippen LogP contribution >= 0.6 is 0 Å². The molecular formula is C17H18F3N3O. The van der Waals surface area contributed by atoms with Crippen molar-refractivity contribution in [1.82, 2.24) is 10.3 Å². The number of amides is 2. The van der Waals surface area contributed by atoms with Crippen LogP contribution in [-0.4, -0.2) is 17.1 Å². The van der Waals surface area contributed by atoms with Gasteiger partial charge in [0.15, 0.2) is 0 Å². The number of aromatic nitrogens is 1. The molecule has 128 valence electrons. The second kappa shape index (κ2) is 7.33. The summed E-state index contributed by atoms with van der Waals surface area (Å²) in [5.41, 5.74) is 0.195. The fourth-order valence-electron chi connectivity index (χ4n) is 2.20. The Morgan fingerprint density at radius 2 is 1.79 bits per heavy atom. The minimum absolute atomic E-state index is 0.0476. The van der Waals surface area contributed by atoms with E-state index in [-0.39, 0.29) is 17.8 Å². The maximum atomic E-state index is 12.7. The average molecular weight is 337 g/mol. The van der Waals surface area contributed by atoms with E-state index in [4.69, 9.17) is 0 Å². The molecule has 0 aliphatic rings. The van der Waals surface area contributed by atoms with E-state index in [0.29, 0.717) is 0 Å². The molecule has 2 N–H and O–H groups in total. The fraction of sp³-hybridized carbons (Fsp3) is 0.294. The average Bonchev–Trinajstić information content (AvgIpc) is 2.54. The van der Waals surface area contributed by atoms with E-state index in [1.165, 1.54) is 0 Å². The van der Waals surface area contributed by atoms with Gasteiger partial charge in [0.25, 0.3) is 0 Å². The number of alkyl halides is 3. The molecule has 2 aromatic rings. The van der Waals surface area contributed by atoms with E-state index < -0.39 is 17.8 Å². The molecule has 0 spiro atoms. The molecule has 0 saturated heterocycles. The molecule has 24 heavy (non-hydrogen) atoms. The van der Waals surface area contributed by atoms with Gasteiger partial charge in [0.1, 0.15) is 5.82 Å². The van der Waals surface area contributed by atoms with Gasteiger partial charge < -0.3 is 5.32 Å². The third-order valence-electron chi connectivity index (χ3n) is 3.76. The first kappa shape index (κ1) is 17.8. The zero-order chi connectivity index (χ0) is 17.7. The minimum atomic E-state index is -4.48. The van der Waals surface area contributed by atoms with Crippen LogP contribution in [0, 0.1) is 0 Å². The summed E-state index contributed by atoms with van der Waals surface area (Å²) in [4.78, 5) is 15.7. The topological polar surface area (TPSA) is 54.0 Å². The molecule has 2 atom stereocenters. The number of benzene rings is 1. The van der Waals surface area contributed by atoms with Gasteiger partial charge in [-0.3, -0.25) is 5.32 Å². The number of halogens is 3. The van der Waals surface area contributed by atoms with Gasteiger partial charge in [0.2, 0.25) is 0 Å². The van der Waals surface area contributed by atoms with Crippen molar-refractivity contribution in [3.05, 3.63) is 59.8 Å². The molecule has 0 fully saturated rings. The molecule has 0 aliphatic heterocycles. The smallest absolute Gasteiger partial charge is 0.335 e. The van der Waals surface area contributed by atoms with Crippen LogP contribution in [0.3, 0.4) is 0 Å². The van der Waals surface area contributed by atoms with Crippen molar-refractivity contribution in [3.8, 4) is 0 Å². The number of rotatable bonds is 4. The Bertz CT molecular complexity index is 689. The van der Waals surface area contributed by atoms with Crippen LogP contribution < -0.4 is 10.6 Å². The zero-order valence-electron chi connectivity index (χ0n) is 13.3. The standard InChI is InChI=1S/C17H18F3N3O/c1-11(13-6-4-3-5-7-13)12(2)22-16(24)23-15-10-14(8-9-21-15)17(18,19)20/h3-12H,1-2H3,(H2,21,22,23,24). The maximum Gasteiger partial charge on any atom is 0.416 e. The number of hydrogen-bond donors (Lipinski definition) is 2.